The third-order valence-corrected chi connectivity index (χ3v) is 15.4. The second-order valence-corrected chi connectivity index (χ2v) is 21.2. The summed E-state index contributed by atoms with van der Waals surface area (Å²) in [5, 5.41) is 4.04. The molecule has 0 aliphatic carbocycles. The van der Waals surface area contributed by atoms with Crippen LogP contribution >= 0.6 is 63.7 Å². The lowest BCUT2D eigenvalue weighted by molar-refractivity contribution is -0.697. The highest BCUT2D eigenvalue weighted by Gasteiger charge is 2.25. The zero-order valence-electron chi connectivity index (χ0n) is 40.4. The molecule has 0 atom stereocenters. The van der Waals surface area contributed by atoms with Crippen LogP contribution in [-0.2, 0) is 51.9 Å². The standard InChI is InChI=1S/C56H62Br4N8.4BrH/c57-25-1-5-29-65-33-9-13-41(37-65)53-45-17-19-47(61-45)54(42-14-10-34-66(38-42)30-6-2-26-58)49-21-23-51(63-49)56(44-16-12-36-68(40-44)32-8-4-28-60)52-24-22-50(64-52)55(48-20-18-46(53)62-48)43-15-11-35-67(39-43)31-7-3-27-59;;;;/h9-17,19,22,24,33-40,61,64H,1-8,18,20-21,23,25-32H2;4*1H/q+4;;;;/p-4. The van der Waals surface area contributed by atoms with Gasteiger partial charge in [-0.2, -0.15) is 0 Å². The molecule has 2 aliphatic heterocycles. The molecule has 0 aromatic carbocycles. The molecule has 2 N–H and O–H groups in total. The van der Waals surface area contributed by atoms with Crippen molar-refractivity contribution in [2.75, 3.05) is 21.3 Å². The minimum atomic E-state index is 0. The summed E-state index contributed by atoms with van der Waals surface area (Å²) < 4.78 is 9.37. The van der Waals surface area contributed by atoms with Gasteiger partial charge in [-0.25, -0.2) is 18.3 Å². The molecule has 0 radical (unpaired) electrons. The second kappa shape index (κ2) is 30.3. The van der Waals surface area contributed by atoms with Gasteiger partial charge in [-0.1, -0.05) is 63.7 Å². The topological polar surface area (TPSA) is 72.9 Å². The molecule has 7 aromatic rings. The highest BCUT2D eigenvalue weighted by Crippen LogP contribution is 2.37. The van der Waals surface area contributed by atoms with E-state index < -0.39 is 0 Å². The van der Waals surface area contributed by atoms with Gasteiger partial charge in [-0.15, -0.1) is 0 Å². The van der Waals surface area contributed by atoms with E-state index in [1.54, 1.807) is 0 Å². The predicted octanol–water partition coefficient (Wildman–Crippen LogP) is 0.420. The number of aromatic nitrogens is 8. The lowest BCUT2D eigenvalue weighted by atomic mass is 10.0. The molecule has 9 rings (SSSR count). The number of hydrogen-bond donors (Lipinski definition) is 2. The van der Waals surface area contributed by atoms with E-state index in [4.69, 9.17) is 9.97 Å². The molecule has 0 saturated carbocycles. The van der Waals surface area contributed by atoms with Crippen molar-refractivity contribution >= 4 is 85.8 Å². The van der Waals surface area contributed by atoms with E-state index in [1.807, 2.05) is 0 Å². The van der Waals surface area contributed by atoms with E-state index in [0.29, 0.717) is 0 Å². The number of nitrogens with one attached hydrogen (secondary N) is 2. The van der Waals surface area contributed by atoms with Gasteiger partial charge in [0.2, 0.25) is 0 Å². The SMILES string of the molecule is BrCCCC[n+]1cccc(-c2c3nc(c(-c4ccc[n+](CCCCBr)c4)c4ccc([nH]4)c(-c4ccc[n+](CCCCBr)c4)c4nc(c(-c5ccc[n+](CCCCBr)c5)c5ccc2[nH]5)CC4)CC3)c1.[Br-].[Br-].[Br-].[Br-]. The Hall–Kier alpha value is -2.44. The number of alkyl halides is 4. The van der Waals surface area contributed by atoms with Crippen LogP contribution in [0.25, 0.3) is 66.6 Å². The fourth-order valence-electron chi connectivity index (χ4n) is 9.82. The van der Waals surface area contributed by atoms with Gasteiger partial charge in [0.15, 0.2) is 49.6 Å². The Morgan fingerprint density at radius 2 is 0.583 bits per heavy atom. The second-order valence-electron chi connectivity index (χ2n) is 18.0. The van der Waals surface area contributed by atoms with Crippen LogP contribution < -0.4 is 86.2 Å². The molecule has 382 valence electrons. The van der Waals surface area contributed by atoms with E-state index in [-0.39, 0.29) is 67.9 Å². The normalized spacial score (nSPS) is 11.8. The molecule has 0 spiro atoms. The zero-order chi connectivity index (χ0) is 46.7. The van der Waals surface area contributed by atoms with Gasteiger partial charge in [-0.3, -0.25) is 9.97 Å². The molecule has 2 aliphatic rings. The van der Waals surface area contributed by atoms with Crippen molar-refractivity contribution in [3.05, 3.63) is 145 Å². The van der Waals surface area contributed by atoms with Crippen molar-refractivity contribution in [3.63, 3.8) is 0 Å². The molecular weight excluding hydrogens is 1420 g/mol. The number of aromatic amines is 2. The third kappa shape index (κ3) is 14.9. The van der Waals surface area contributed by atoms with Gasteiger partial charge in [0.05, 0.1) is 22.8 Å². The average molecular weight is 1490 g/mol. The van der Waals surface area contributed by atoms with Gasteiger partial charge < -0.3 is 77.9 Å². The zero-order valence-corrected chi connectivity index (χ0v) is 53.1. The molecule has 8 bridgehead atoms. The van der Waals surface area contributed by atoms with E-state index in [1.165, 1.54) is 22.3 Å². The number of rotatable bonds is 20. The van der Waals surface area contributed by atoms with E-state index in [9.17, 15) is 0 Å². The minimum Gasteiger partial charge on any atom is -1.00 e. The first-order valence-electron chi connectivity index (χ1n) is 24.5. The number of unbranched alkanes of at least 4 members (excludes halogenated alkanes) is 4. The summed E-state index contributed by atoms with van der Waals surface area (Å²) >= 11 is 14.6. The number of pyridine rings is 4. The van der Waals surface area contributed by atoms with Crippen LogP contribution in [0.5, 0.6) is 0 Å². The summed E-state index contributed by atoms with van der Waals surface area (Å²) in [5.74, 6) is 0. The lowest BCUT2D eigenvalue weighted by Crippen LogP contribution is -3.00. The molecule has 8 nitrogen and oxygen atoms in total. The van der Waals surface area contributed by atoms with Crippen LogP contribution in [-0.4, -0.2) is 41.3 Å². The maximum atomic E-state index is 5.73. The summed E-state index contributed by atoms with van der Waals surface area (Å²) in [6.07, 6.45) is 30.4. The molecule has 0 saturated heterocycles. The molecule has 9 heterocycles. The lowest BCUT2D eigenvalue weighted by Gasteiger charge is -2.06. The van der Waals surface area contributed by atoms with Crippen molar-refractivity contribution in [1.82, 2.24) is 19.9 Å². The van der Waals surface area contributed by atoms with Gasteiger partial charge in [0.25, 0.3) is 0 Å². The Labute approximate surface area is 500 Å². The predicted molar refractivity (Wildman–Crippen MR) is 290 cm³/mol. The van der Waals surface area contributed by atoms with Crippen LogP contribution in [0, 0.1) is 0 Å². The average Bonchev–Trinajstić information content (AvgIpc) is 4.21. The Morgan fingerprint density at radius 1 is 0.347 bits per heavy atom. The van der Waals surface area contributed by atoms with E-state index >= 15 is 0 Å². The highest BCUT2D eigenvalue weighted by atomic mass is 79.9. The molecule has 0 unspecified atom stereocenters. The van der Waals surface area contributed by atoms with E-state index in [2.05, 4.69) is 214 Å². The number of aryl methyl sites for hydroxylation is 8. The largest absolute Gasteiger partial charge is 1.00 e. The molecule has 16 heteroatoms. The number of fused-ring (bicyclic) bond motifs is 8. The van der Waals surface area contributed by atoms with Crippen LogP contribution in [0.15, 0.2) is 122 Å². The number of hydrogen-bond acceptors (Lipinski definition) is 2. The molecule has 0 amide bonds. The fraction of sp³-hybridized carbons (Fsp3) is 0.357. The first kappa shape index (κ1) is 60.4. The van der Waals surface area contributed by atoms with E-state index in [0.717, 1.165) is 192 Å². The van der Waals surface area contributed by atoms with Crippen LogP contribution in [0.2, 0.25) is 0 Å². The quantitative estimate of drug-likeness (QED) is 0.0662. The van der Waals surface area contributed by atoms with Crippen molar-refractivity contribution in [2.45, 2.75) is 103 Å². The van der Waals surface area contributed by atoms with Gasteiger partial charge in [0.1, 0.15) is 26.2 Å². The van der Waals surface area contributed by atoms with Gasteiger partial charge >= 0.3 is 0 Å². The number of H-pyrrole nitrogens is 2. The third-order valence-electron chi connectivity index (χ3n) is 13.1. The van der Waals surface area contributed by atoms with Crippen LogP contribution in [0.1, 0.15) is 74.1 Å². The van der Waals surface area contributed by atoms with Gasteiger partial charge in [-0.05, 0) is 99.9 Å². The smallest absolute Gasteiger partial charge is 0.176 e. The Morgan fingerprint density at radius 3 is 0.806 bits per heavy atom. The number of halogens is 8. The van der Waals surface area contributed by atoms with Crippen molar-refractivity contribution in [3.8, 4) is 44.5 Å². The monoisotopic (exact) mass is 1480 g/mol. The first-order valence-corrected chi connectivity index (χ1v) is 29.0. The summed E-state index contributed by atoms with van der Waals surface area (Å²) in [4.78, 5) is 19.5. The molecular formula is C56H62Br8N8. The Kier molecular flexibility index (Phi) is 25.5. The summed E-state index contributed by atoms with van der Waals surface area (Å²) in [6, 6.07) is 27.0. The van der Waals surface area contributed by atoms with Crippen molar-refractivity contribution in [2.24, 2.45) is 0 Å². The highest BCUT2D eigenvalue weighted by molar-refractivity contribution is 9.09. The van der Waals surface area contributed by atoms with Gasteiger partial charge in [0, 0.05) is 138 Å². The summed E-state index contributed by atoms with van der Waals surface area (Å²) in [5.41, 5.74) is 18.0. The van der Waals surface area contributed by atoms with Crippen molar-refractivity contribution < 1.29 is 86.2 Å². The fourth-order valence-corrected chi connectivity index (χ4v) is 11.4. The number of nitrogens with zero attached hydrogens (tertiary/aromatic N) is 6. The minimum absolute atomic E-state index is 0. The van der Waals surface area contributed by atoms with Crippen molar-refractivity contribution in [1.29, 1.82) is 0 Å². The Bertz CT molecular complexity index is 2630. The summed E-state index contributed by atoms with van der Waals surface area (Å²) in [7, 11) is 0. The maximum Gasteiger partial charge on any atom is 0.176 e. The molecule has 0 fully saturated rings. The Balaban J connectivity index is 0.00000241. The molecule has 7 aromatic heterocycles. The maximum absolute atomic E-state index is 5.73. The first-order chi connectivity index (χ1) is 33.5. The van der Waals surface area contributed by atoms with Crippen LogP contribution in [0.4, 0.5) is 0 Å². The molecule has 72 heavy (non-hydrogen) atoms. The summed E-state index contributed by atoms with van der Waals surface area (Å²) in [6.45, 7) is 3.84. The van der Waals surface area contributed by atoms with Crippen LogP contribution in [0.3, 0.4) is 0 Å².